The highest BCUT2D eigenvalue weighted by atomic mass is 16.1. The zero-order chi connectivity index (χ0) is 26.6. The van der Waals surface area contributed by atoms with Crippen molar-refractivity contribution in [3.8, 4) is 0 Å². The molecule has 1 unspecified atom stereocenters. The normalized spacial score (nSPS) is 19.1. The number of hydrogen-bond acceptors (Lipinski definition) is 4. The maximum atomic E-state index is 12.5. The molecule has 192 valence electrons. The van der Waals surface area contributed by atoms with Crippen LogP contribution >= 0.6 is 0 Å². The molecule has 5 nitrogen and oxygen atoms in total. The van der Waals surface area contributed by atoms with Gasteiger partial charge in [0.15, 0.2) is 0 Å². The summed E-state index contributed by atoms with van der Waals surface area (Å²) in [6, 6.07) is 5.98. The Bertz CT molecular complexity index is 1410. The maximum absolute atomic E-state index is 12.5. The van der Waals surface area contributed by atoms with E-state index in [2.05, 4.69) is 60.2 Å². The van der Waals surface area contributed by atoms with Gasteiger partial charge in [-0.05, 0) is 90.0 Å². The van der Waals surface area contributed by atoms with Crippen LogP contribution in [-0.2, 0) is 0 Å². The van der Waals surface area contributed by atoms with Crippen LogP contribution in [0.2, 0.25) is 0 Å². The third-order valence-corrected chi connectivity index (χ3v) is 8.23. The molecule has 1 aromatic heterocycles. The second-order valence-corrected chi connectivity index (χ2v) is 10.5. The number of aromatic nitrogens is 2. The summed E-state index contributed by atoms with van der Waals surface area (Å²) < 4.78 is 0. The second kappa shape index (κ2) is 11.2. The Balaban J connectivity index is 1.76. The third kappa shape index (κ3) is 5.27. The van der Waals surface area contributed by atoms with E-state index < -0.39 is 0 Å². The quantitative estimate of drug-likeness (QED) is 0.281. The van der Waals surface area contributed by atoms with Gasteiger partial charge in [0.05, 0.1) is 22.9 Å². The zero-order valence-electron chi connectivity index (χ0n) is 22.4. The number of hydrogen-bond donors (Lipinski definition) is 2. The molecule has 0 saturated heterocycles. The minimum absolute atomic E-state index is 0.120. The molecule has 0 aliphatic heterocycles. The van der Waals surface area contributed by atoms with Gasteiger partial charge in [-0.2, -0.15) is 0 Å². The van der Waals surface area contributed by atoms with Gasteiger partial charge in [-0.3, -0.25) is 9.79 Å². The predicted octanol–water partition coefficient (Wildman–Crippen LogP) is 7.39. The van der Waals surface area contributed by atoms with Crippen LogP contribution in [0.15, 0.2) is 88.0 Å². The van der Waals surface area contributed by atoms with Crippen LogP contribution in [0.5, 0.6) is 0 Å². The lowest BCUT2D eigenvalue weighted by Crippen LogP contribution is -2.12. The number of aromatic amines is 1. The van der Waals surface area contributed by atoms with Gasteiger partial charge in [0.1, 0.15) is 0 Å². The lowest BCUT2D eigenvalue weighted by molar-refractivity contribution is 0.318. The van der Waals surface area contributed by atoms with Gasteiger partial charge in [0, 0.05) is 19.2 Å². The van der Waals surface area contributed by atoms with Crippen LogP contribution in [0.3, 0.4) is 0 Å². The van der Waals surface area contributed by atoms with Crippen molar-refractivity contribution in [2.45, 2.75) is 58.8 Å². The van der Waals surface area contributed by atoms with Crippen molar-refractivity contribution in [2.24, 2.45) is 16.3 Å². The van der Waals surface area contributed by atoms with Crippen LogP contribution in [-0.4, -0.2) is 28.9 Å². The predicted molar refractivity (Wildman–Crippen MR) is 157 cm³/mol. The van der Waals surface area contributed by atoms with E-state index >= 15 is 0 Å². The molecular weight excluding hydrogens is 456 g/mol. The summed E-state index contributed by atoms with van der Waals surface area (Å²) in [6.45, 7) is 12.9. The van der Waals surface area contributed by atoms with Crippen molar-refractivity contribution in [1.29, 1.82) is 5.41 Å². The standard InChI is InChI=1S/C32H38N4O/c1-6-23(11-10-21(3)30(19-33)34-5)22(4)27-17-32(14-8-9-15-32)18-28(27)25(7-2)24-12-13-29-26(16-24)31(37)36-20-35-29/h6-7,11-13,16,19-21,33H,1,4,8-10,14-15,17-18H2,2-3,5H3,(H,35,36,37)/b23-11+,25-7?,33-19?,34-30?. The van der Waals surface area contributed by atoms with Crippen LogP contribution < -0.4 is 5.56 Å². The first-order chi connectivity index (χ1) is 17.9. The van der Waals surface area contributed by atoms with E-state index in [-0.39, 0.29) is 11.5 Å². The van der Waals surface area contributed by atoms with Crippen molar-refractivity contribution in [3.63, 3.8) is 0 Å². The topological polar surface area (TPSA) is 82.0 Å². The van der Waals surface area contributed by atoms with Crippen molar-refractivity contribution < 1.29 is 0 Å². The zero-order valence-corrected chi connectivity index (χ0v) is 22.4. The number of benzene rings is 1. The highest BCUT2D eigenvalue weighted by Gasteiger charge is 2.42. The highest BCUT2D eigenvalue weighted by Crippen LogP contribution is 2.57. The molecule has 0 bridgehead atoms. The minimum atomic E-state index is -0.120. The molecule has 2 aliphatic carbocycles. The molecule has 2 aliphatic rings. The van der Waals surface area contributed by atoms with E-state index in [1.54, 1.807) is 7.05 Å². The monoisotopic (exact) mass is 494 g/mol. The lowest BCUT2D eigenvalue weighted by Gasteiger charge is -2.24. The molecule has 2 aromatic rings. The van der Waals surface area contributed by atoms with E-state index in [0.717, 1.165) is 41.7 Å². The number of H-pyrrole nitrogens is 1. The molecule has 0 radical (unpaired) electrons. The Hall–Kier alpha value is -3.60. The summed E-state index contributed by atoms with van der Waals surface area (Å²) in [6.07, 6.45) is 16.9. The first kappa shape index (κ1) is 26.5. The minimum Gasteiger partial charge on any atom is -0.313 e. The van der Waals surface area contributed by atoms with E-state index in [0.29, 0.717) is 16.3 Å². The molecule has 1 saturated carbocycles. The summed E-state index contributed by atoms with van der Waals surface area (Å²) >= 11 is 0. The van der Waals surface area contributed by atoms with Gasteiger partial charge >= 0.3 is 0 Å². The summed E-state index contributed by atoms with van der Waals surface area (Å²) in [7, 11) is 1.74. The lowest BCUT2D eigenvalue weighted by atomic mass is 9.80. The molecule has 5 heteroatoms. The van der Waals surface area contributed by atoms with E-state index in [9.17, 15) is 4.79 Å². The molecule has 1 heterocycles. The number of aliphatic imine (C=N–C) groups is 1. The summed E-state index contributed by atoms with van der Waals surface area (Å²) in [4.78, 5) is 23.8. The number of nitrogens with one attached hydrogen (secondary N) is 2. The third-order valence-electron chi connectivity index (χ3n) is 8.23. The molecule has 1 spiro atoms. The number of rotatable bonds is 9. The number of nitrogens with zero attached hydrogens (tertiary/aromatic N) is 2. The Morgan fingerprint density at radius 1 is 1.27 bits per heavy atom. The summed E-state index contributed by atoms with van der Waals surface area (Å²) in [5.74, 6) is 0.152. The molecule has 37 heavy (non-hydrogen) atoms. The second-order valence-electron chi connectivity index (χ2n) is 10.5. The Morgan fingerprint density at radius 2 is 2.00 bits per heavy atom. The van der Waals surface area contributed by atoms with Gasteiger partial charge in [-0.15, -0.1) is 0 Å². The summed E-state index contributed by atoms with van der Waals surface area (Å²) in [5.41, 5.74) is 8.59. The summed E-state index contributed by atoms with van der Waals surface area (Å²) in [5, 5.41) is 8.23. The fraction of sp³-hybridized carbons (Fsp3) is 0.375. The van der Waals surface area contributed by atoms with Crippen molar-refractivity contribution in [3.05, 3.63) is 94.1 Å². The average Bonchev–Trinajstić information content (AvgIpc) is 3.52. The van der Waals surface area contributed by atoms with E-state index in [1.165, 1.54) is 54.9 Å². The molecule has 0 amide bonds. The smallest absolute Gasteiger partial charge is 0.258 e. The van der Waals surface area contributed by atoms with Gasteiger partial charge in [0.2, 0.25) is 0 Å². The van der Waals surface area contributed by atoms with E-state index in [4.69, 9.17) is 5.41 Å². The largest absolute Gasteiger partial charge is 0.313 e. The van der Waals surface area contributed by atoms with Crippen LogP contribution in [0, 0.1) is 16.7 Å². The van der Waals surface area contributed by atoms with Crippen molar-refractivity contribution >= 4 is 28.4 Å². The Kier molecular flexibility index (Phi) is 8.01. The van der Waals surface area contributed by atoms with Crippen LogP contribution in [0.1, 0.15) is 64.4 Å². The maximum Gasteiger partial charge on any atom is 0.258 e. The highest BCUT2D eigenvalue weighted by molar-refractivity contribution is 6.30. The average molecular weight is 495 g/mol. The van der Waals surface area contributed by atoms with E-state index in [1.807, 2.05) is 18.2 Å². The molecule has 1 aromatic carbocycles. The Morgan fingerprint density at radius 3 is 2.65 bits per heavy atom. The van der Waals surface area contributed by atoms with Gasteiger partial charge in [0.25, 0.3) is 5.56 Å². The molecule has 4 rings (SSSR count). The van der Waals surface area contributed by atoms with Crippen LogP contribution in [0.4, 0.5) is 0 Å². The number of fused-ring (bicyclic) bond motifs is 1. The van der Waals surface area contributed by atoms with Crippen LogP contribution in [0.25, 0.3) is 16.5 Å². The molecule has 1 fully saturated rings. The fourth-order valence-corrected chi connectivity index (χ4v) is 6.16. The van der Waals surface area contributed by atoms with Crippen molar-refractivity contribution in [1.82, 2.24) is 9.97 Å². The molecule has 2 N–H and O–H groups in total. The molecular formula is C32H38N4O. The van der Waals surface area contributed by atoms with Gasteiger partial charge < -0.3 is 10.4 Å². The first-order valence-corrected chi connectivity index (χ1v) is 13.2. The first-order valence-electron chi connectivity index (χ1n) is 13.2. The fourth-order valence-electron chi connectivity index (χ4n) is 6.16. The SMILES string of the molecule is C=C/C(=C\CC(C)C(C=N)=NC)C(=C)C1=C(C(=CC)c2ccc3nc[nH]c(=O)c3c2)CC2(CCCC2)C1. The molecule has 1 atom stereocenters. The van der Waals surface area contributed by atoms with Crippen molar-refractivity contribution in [2.75, 3.05) is 7.05 Å². The number of allylic oxidation sites excluding steroid dienone is 8. The Labute approximate surface area is 220 Å². The van der Waals surface area contributed by atoms with Gasteiger partial charge in [-0.1, -0.05) is 57.2 Å². The van der Waals surface area contributed by atoms with Gasteiger partial charge in [-0.25, -0.2) is 4.98 Å².